The first-order valence-corrected chi connectivity index (χ1v) is 6.25. The number of aromatic nitrogens is 2. The Kier molecular flexibility index (Phi) is 5.09. The third kappa shape index (κ3) is 3.37. The molecule has 2 unspecified atom stereocenters. The van der Waals surface area contributed by atoms with E-state index in [0.29, 0.717) is 5.02 Å². The van der Waals surface area contributed by atoms with Gasteiger partial charge in [-0.2, -0.15) is 5.10 Å². The first kappa shape index (κ1) is 13.8. The van der Waals surface area contributed by atoms with Gasteiger partial charge in [0.05, 0.1) is 23.5 Å². The molecule has 0 N–H and O–H groups in total. The maximum absolute atomic E-state index is 6.14. The van der Waals surface area contributed by atoms with Crippen molar-refractivity contribution in [1.82, 2.24) is 14.7 Å². The van der Waals surface area contributed by atoms with Gasteiger partial charge >= 0.3 is 0 Å². The summed E-state index contributed by atoms with van der Waals surface area (Å²) in [5.41, 5.74) is 1.03. The number of likely N-dealkylation sites (N-methyl/N-ethyl adjacent to an activating group) is 1. The lowest BCUT2D eigenvalue weighted by Crippen LogP contribution is -2.22. The fourth-order valence-corrected chi connectivity index (χ4v) is 1.95. The second-order valence-electron chi connectivity index (χ2n) is 4.37. The highest BCUT2D eigenvalue weighted by atomic mass is 35.5. The van der Waals surface area contributed by atoms with E-state index in [0.717, 1.165) is 18.8 Å². The Morgan fingerprint density at radius 2 is 2.06 bits per heavy atom. The zero-order valence-electron chi connectivity index (χ0n) is 10.2. The first-order chi connectivity index (χ1) is 7.43. The standard InChI is InChI=1S/C11H19Cl2N3/c1-8(9(2)12)11-10(13)7-14-16(11)6-5-15(3)4/h7-9H,5-6H2,1-4H3. The van der Waals surface area contributed by atoms with E-state index in [1.807, 2.05) is 25.7 Å². The Balaban J connectivity index is 2.85. The van der Waals surface area contributed by atoms with Gasteiger partial charge in [0, 0.05) is 17.8 Å². The smallest absolute Gasteiger partial charge is 0.0821 e. The van der Waals surface area contributed by atoms with Crippen LogP contribution in [0.1, 0.15) is 25.5 Å². The lowest BCUT2D eigenvalue weighted by molar-refractivity contribution is 0.367. The molecule has 3 nitrogen and oxygen atoms in total. The van der Waals surface area contributed by atoms with Gasteiger partial charge in [0.2, 0.25) is 0 Å². The van der Waals surface area contributed by atoms with Gasteiger partial charge in [-0.1, -0.05) is 18.5 Å². The van der Waals surface area contributed by atoms with Gasteiger partial charge in [-0.3, -0.25) is 4.68 Å². The molecule has 5 heteroatoms. The lowest BCUT2D eigenvalue weighted by atomic mass is 10.0. The van der Waals surface area contributed by atoms with Crippen LogP contribution in [0.15, 0.2) is 6.20 Å². The molecule has 0 saturated heterocycles. The van der Waals surface area contributed by atoms with Gasteiger partial charge in [0.1, 0.15) is 0 Å². The largest absolute Gasteiger partial charge is 0.308 e. The molecule has 2 atom stereocenters. The minimum Gasteiger partial charge on any atom is -0.308 e. The average molecular weight is 264 g/mol. The van der Waals surface area contributed by atoms with Gasteiger partial charge in [-0.15, -0.1) is 11.6 Å². The molecule has 1 aromatic heterocycles. The Morgan fingerprint density at radius 3 is 2.56 bits per heavy atom. The van der Waals surface area contributed by atoms with Crippen LogP contribution in [0.3, 0.4) is 0 Å². The topological polar surface area (TPSA) is 21.1 Å². The second-order valence-corrected chi connectivity index (χ2v) is 5.47. The fourth-order valence-electron chi connectivity index (χ4n) is 1.52. The summed E-state index contributed by atoms with van der Waals surface area (Å²) in [6, 6.07) is 0. The van der Waals surface area contributed by atoms with Gasteiger partial charge < -0.3 is 4.90 Å². The van der Waals surface area contributed by atoms with Crippen molar-refractivity contribution >= 4 is 23.2 Å². The normalized spacial score (nSPS) is 15.4. The van der Waals surface area contributed by atoms with Crippen LogP contribution in [0.25, 0.3) is 0 Å². The van der Waals surface area contributed by atoms with Crippen molar-refractivity contribution in [1.29, 1.82) is 0 Å². The van der Waals surface area contributed by atoms with Crippen LogP contribution in [0.5, 0.6) is 0 Å². The molecule has 0 aromatic carbocycles. The van der Waals surface area contributed by atoms with Crippen LogP contribution in [0.4, 0.5) is 0 Å². The number of alkyl halides is 1. The Labute approximate surface area is 107 Å². The summed E-state index contributed by atoms with van der Waals surface area (Å²) in [6.07, 6.45) is 1.70. The van der Waals surface area contributed by atoms with E-state index in [4.69, 9.17) is 23.2 Å². The first-order valence-electron chi connectivity index (χ1n) is 5.43. The van der Waals surface area contributed by atoms with Crippen LogP contribution < -0.4 is 0 Å². The predicted octanol–water partition coefficient (Wildman–Crippen LogP) is 2.83. The third-order valence-corrected chi connectivity index (χ3v) is 3.38. The summed E-state index contributed by atoms with van der Waals surface area (Å²) in [5, 5.41) is 5.05. The minimum atomic E-state index is 0.0484. The van der Waals surface area contributed by atoms with E-state index < -0.39 is 0 Å². The molecule has 0 aliphatic rings. The summed E-state index contributed by atoms with van der Waals surface area (Å²) in [6.45, 7) is 5.83. The van der Waals surface area contributed by atoms with Gasteiger partial charge in [-0.25, -0.2) is 0 Å². The summed E-state index contributed by atoms with van der Waals surface area (Å²) in [7, 11) is 4.08. The molecular formula is C11H19Cl2N3. The zero-order valence-corrected chi connectivity index (χ0v) is 11.8. The summed E-state index contributed by atoms with van der Waals surface area (Å²) in [5.74, 6) is 0.207. The highest BCUT2D eigenvalue weighted by Gasteiger charge is 2.20. The van der Waals surface area contributed by atoms with Crippen molar-refractivity contribution in [3.05, 3.63) is 16.9 Å². The predicted molar refractivity (Wildman–Crippen MR) is 69.5 cm³/mol. The number of hydrogen-bond acceptors (Lipinski definition) is 2. The average Bonchev–Trinajstić information content (AvgIpc) is 2.55. The van der Waals surface area contributed by atoms with E-state index in [1.54, 1.807) is 6.20 Å². The molecule has 0 fully saturated rings. The number of nitrogens with zero attached hydrogens (tertiary/aromatic N) is 3. The fraction of sp³-hybridized carbons (Fsp3) is 0.727. The monoisotopic (exact) mass is 263 g/mol. The molecule has 0 saturated carbocycles. The van der Waals surface area contributed by atoms with Crippen LogP contribution in [-0.2, 0) is 6.54 Å². The molecular weight excluding hydrogens is 245 g/mol. The van der Waals surface area contributed by atoms with Crippen molar-refractivity contribution in [2.24, 2.45) is 0 Å². The SMILES string of the molecule is CC(Cl)C(C)c1c(Cl)cnn1CCN(C)C. The number of hydrogen-bond donors (Lipinski definition) is 0. The van der Waals surface area contributed by atoms with Crippen LogP contribution in [0, 0.1) is 0 Å². The maximum Gasteiger partial charge on any atom is 0.0821 e. The molecule has 16 heavy (non-hydrogen) atoms. The Bertz CT molecular complexity index is 334. The van der Waals surface area contributed by atoms with Crippen molar-refractivity contribution in [3.63, 3.8) is 0 Å². The second kappa shape index (κ2) is 5.89. The van der Waals surface area contributed by atoms with Crippen molar-refractivity contribution in [2.75, 3.05) is 20.6 Å². The highest BCUT2D eigenvalue weighted by Crippen LogP contribution is 2.29. The molecule has 1 heterocycles. The minimum absolute atomic E-state index is 0.0484. The zero-order chi connectivity index (χ0) is 12.3. The summed E-state index contributed by atoms with van der Waals surface area (Å²) >= 11 is 12.3. The Morgan fingerprint density at radius 1 is 1.44 bits per heavy atom. The van der Waals surface area contributed by atoms with Gasteiger partial charge in [0.25, 0.3) is 0 Å². The molecule has 0 radical (unpaired) electrons. The van der Waals surface area contributed by atoms with Gasteiger partial charge in [-0.05, 0) is 21.0 Å². The molecule has 92 valence electrons. The molecule has 1 aromatic rings. The lowest BCUT2D eigenvalue weighted by Gasteiger charge is -2.18. The van der Waals surface area contributed by atoms with E-state index in [2.05, 4.69) is 16.9 Å². The number of rotatable bonds is 5. The summed E-state index contributed by atoms with van der Waals surface area (Å²) in [4.78, 5) is 2.12. The quantitative estimate of drug-likeness (QED) is 0.762. The third-order valence-electron chi connectivity index (χ3n) is 2.71. The Hall–Kier alpha value is -0.250. The molecule has 0 spiro atoms. The molecule has 0 amide bonds. The molecule has 0 aliphatic heterocycles. The van der Waals surface area contributed by atoms with Crippen LogP contribution in [0.2, 0.25) is 5.02 Å². The van der Waals surface area contributed by atoms with E-state index in [-0.39, 0.29) is 11.3 Å². The maximum atomic E-state index is 6.14. The highest BCUT2D eigenvalue weighted by molar-refractivity contribution is 6.31. The van der Waals surface area contributed by atoms with Crippen molar-refractivity contribution < 1.29 is 0 Å². The van der Waals surface area contributed by atoms with Crippen LogP contribution in [-0.4, -0.2) is 40.7 Å². The summed E-state index contributed by atoms with van der Waals surface area (Å²) < 4.78 is 1.95. The van der Waals surface area contributed by atoms with Crippen LogP contribution >= 0.6 is 23.2 Å². The molecule has 0 aliphatic carbocycles. The molecule has 0 bridgehead atoms. The van der Waals surface area contributed by atoms with Gasteiger partial charge in [0.15, 0.2) is 0 Å². The van der Waals surface area contributed by atoms with E-state index >= 15 is 0 Å². The molecule has 1 rings (SSSR count). The van der Waals surface area contributed by atoms with Crippen molar-refractivity contribution in [2.45, 2.75) is 31.7 Å². The van der Waals surface area contributed by atoms with E-state index in [9.17, 15) is 0 Å². The van der Waals surface area contributed by atoms with E-state index in [1.165, 1.54) is 0 Å². The van der Waals surface area contributed by atoms with Crippen molar-refractivity contribution in [3.8, 4) is 0 Å². The number of halogens is 2.